The molecule has 0 saturated carbocycles. The second-order valence-corrected chi connectivity index (χ2v) is 5.83. The molecular weight excluding hydrogens is 331 g/mol. The lowest BCUT2D eigenvalue weighted by Gasteiger charge is -2.01. The maximum atomic E-state index is 12.9. The summed E-state index contributed by atoms with van der Waals surface area (Å²) < 4.78 is 23.0. The van der Waals surface area contributed by atoms with Crippen molar-refractivity contribution in [2.24, 2.45) is 0 Å². The SMILES string of the molecule is O=C(CSc1ccccc1)OCc1nc(-c2ccc(F)cc2)no1. The van der Waals surface area contributed by atoms with Gasteiger partial charge >= 0.3 is 5.97 Å². The summed E-state index contributed by atoms with van der Waals surface area (Å²) in [5, 5.41) is 3.78. The lowest BCUT2D eigenvalue weighted by molar-refractivity contribution is -0.142. The Morgan fingerprint density at radius 2 is 1.88 bits per heavy atom. The molecule has 1 heterocycles. The van der Waals surface area contributed by atoms with Crippen molar-refractivity contribution in [2.45, 2.75) is 11.5 Å². The van der Waals surface area contributed by atoms with Gasteiger partial charge in [0.15, 0.2) is 6.61 Å². The highest BCUT2D eigenvalue weighted by Crippen LogP contribution is 2.18. The molecule has 2 aromatic carbocycles. The minimum Gasteiger partial charge on any atom is -0.455 e. The van der Waals surface area contributed by atoms with Crippen molar-refractivity contribution in [1.29, 1.82) is 0 Å². The molecule has 0 fully saturated rings. The van der Waals surface area contributed by atoms with Crippen LogP contribution in [0.5, 0.6) is 0 Å². The predicted molar refractivity (Wildman–Crippen MR) is 86.7 cm³/mol. The molecule has 3 rings (SSSR count). The third-order valence-corrected chi connectivity index (χ3v) is 4.01. The van der Waals surface area contributed by atoms with Gasteiger partial charge in [-0.3, -0.25) is 4.79 Å². The molecule has 24 heavy (non-hydrogen) atoms. The second-order valence-electron chi connectivity index (χ2n) is 4.78. The molecule has 0 spiro atoms. The maximum Gasteiger partial charge on any atom is 0.316 e. The van der Waals surface area contributed by atoms with Crippen LogP contribution in [-0.2, 0) is 16.1 Å². The van der Waals surface area contributed by atoms with Gasteiger partial charge in [-0.25, -0.2) is 4.39 Å². The summed E-state index contributed by atoms with van der Waals surface area (Å²) in [5.74, 6) is -0.00650. The van der Waals surface area contributed by atoms with Gasteiger partial charge in [0, 0.05) is 10.5 Å². The number of benzene rings is 2. The van der Waals surface area contributed by atoms with Crippen molar-refractivity contribution in [2.75, 3.05) is 5.75 Å². The number of carbonyl (C=O) groups excluding carboxylic acids is 1. The van der Waals surface area contributed by atoms with Crippen LogP contribution in [0.2, 0.25) is 0 Å². The first-order valence-electron chi connectivity index (χ1n) is 7.13. The molecule has 0 amide bonds. The highest BCUT2D eigenvalue weighted by atomic mass is 32.2. The van der Waals surface area contributed by atoms with E-state index in [1.54, 1.807) is 12.1 Å². The summed E-state index contributed by atoms with van der Waals surface area (Å²) in [4.78, 5) is 16.8. The topological polar surface area (TPSA) is 65.2 Å². The van der Waals surface area contributed by atoms with Crippen LogP contribution >= 0.6 is 11.8 Å². The Labute approximate surface area is 141 Å². The molecule has 0 aliphatic rings. The molecule has 0 aliphatic carbocycles. The van der Waals surface area contributed by atoms with Crippen LogP contribution in [0.15, 0.2) is 64.0 Å². The first-order chi connectivity index (χ1) is 11.7. The maximum absolute atomic E-state index is 12.9. The van der Waals surface area contributed by atoms with E-state index in [0.29, 0.717) is 11.4 Å². The number of nitrogens with zero attached hydrogens (tertiary/aromatic N) is 2. The number of ether oxygens (including phenoxy) is 1. The third-order valence-electron chi connectivity index (χ3n) is 3.03. The molecule has 0 bridgehead atoms. The van der Waals surface area contributed by atoms with Gasteiger partial charge in [-0.1, -0.05) is 23.4 Å². The lowest BCUT2D eigenvalue weighted by Crippen LogP contribution is -2.07. The third kappa shape index (κ3) is 4.42. The van der Waals surface area contributed by atoms with Crippen molar-refractivity contribution >= 4 is 17.7 Å². The summed E-state index contributed by atoms with van der Waals surface area (Å²) in [6.07, 6.45) is 0. The molecule has 0 aliphatic heterocycles. The van der Waals surface area contributed by atoms with Crippen LogP contribution in [-0.4, -0.2) is 21.9 Å². The van der Waals surface area contributed by atoms with Gasteiger partial charge in [0.2, 0.25) is 5.82 Å². The van der Waals surface area contributed by atoms with Gasteiger partial charge < -0.3 is 9.26 Å². The molecule has 122 valence electrons. The van der Waals surface area contributed by atoms with Crippen LogP contribution < -0.4 is 0 Å². The average Bonchev–Trinajstić information content (AvgIpc) is 3.09. The van der Waals surface area contributed by atoms with Crippen molar-refractivity contribution in [3.05, 3.63) is 66.3 Å². The molecule has 5 nitrogen and oxygen atoms in total. The fourth-order valence-electron chi connectivity index (χ4n) is 1.87. The first-order valence-corrected chi connectivity index (χ1v) is 8.11. The Balaban J connectivity index is 1.50. The van der Waals surface area contributed by atoms with Crippen molar-refractivity contribution in [3.8, 4) is 11.4 Å². The molecule has 0 unspecified atom stereocenters. The molecule has 0 radical (unpaired) electrons. The van der Waals surface area contributed by atoms with Crippen LogP contribution in [0.1, 0.15) is 5.89 Å². The molecule has 3 aromatic rings. The number of halogens is 1. The average molecular weight is 344 g/mol. The fourth-order valence-corrected chi connectivity index (χ4v) is 2.59. The predicted octanol–water partition coefficient (Wildman–Crippen LogP) is 3.71. The van der Waals surface area contributed by atoms with Gasteiger partial charge in [-0.15, -0.1) is 11.8 Å². The van der Waals surface area contributed by atoms with Gasteiger partial charge in [-0.05, 0) is 36.4 Å². The number of aromatic nitrogens is 2. The smallest absolute Gasteiger partial charge is 0.316 e. The van der Waals surface area contributed by atoms with E-state index in [2.05, 4.69) is 10.1 Å². The van der Waals surface area contributed by atoms with E-state index in [0.717, 1.165) is 4.90 Å². The first kappa shape index (κ1) is 16.2. The van der Waals surface area contributed by atoms with Crippen LogP contribution in [0.3, 0.4) is 0 Å². The monoisotopic (exact) mass is 344 g/mol. The summed E-state index contributed by atoms with van der Waals surface area (Å²) in [6, 6.07) is 15.3. The molecule has 0 atom stereocenters. The summed E-state index contributed by atoms with van der Waals surface area (Å²) in [7, 11) is 0. The summed E-state index contributed by atoms with van der Waals surface area (Å²) >= 11 is 1.39. The van der Waals surface area contributed by atoms with Gasteiger partial charge in [0.1, 0.15) is 5.82 Å². The van der Waals surface area contributed by atoms with E-state index < -0.39 is 0 Å². The number of carbonyl (C=O) groups is 1. The Bertz CT molecular complexity index is 806. The molecule has 0 N–H and O–H groups in total. The zero-order valence-corrected chi connectivity index (χ0v) is 13.3. The zero-order valence-electron chi connectivity index (χ0n) is 12.5. The van der Waals surface area contributed by atoms with Crippen LogP contribution in [0, 0.1) is 5.82 Å². The zero-order chi connectivity index (χ0) is 16.8. The van der Waals surface area contributed by atoms with Gasteiger partial charge in [-0.2, -0.15) is 4.98 Å². The Morgan fingerprint density at radius 3 is 2.62 bits per heavy atom. The number of hydrogen-bond donors (Lipinski definition) is 0. The van der Waals surface area contributed by atoms with E-state index in [-0.39, 0.29) is 30.0 Å². The number of esters is 1. The highest BCUT2D eigenvalue weighted by molar-refractivity contribution is 8.00. The van der Waals surface area contributed by atoms with Crippen molar-refractivity contribution in [3.63, 3.8) is 0 Å². The van der Waals surface area contributed by atoms with E-state index in [9.17, 15) is 9.18 Å². The van der Waals surface area contributed by atoms with Crippen molar-refractivity contribution in [1.82, 2.24) is 10.1 Å². The quantitative estimate of drug-likeness (QED) is 0.502. The Morgan fingerprint density at radius 1 is 1.12 bits per heavy atom. The minimum absolute atomic E-state index is 0.0949. The van der Waals surface area contributed by atoms with Crippen molar-refractivity contribution < 1.29 is 18.4 Å². The molecular formula is C17H13FN2O3S. The Kier molecular flexibility index (Phi) is 5.22. The minimum atomic E-state index is -0.370. The normalized spacial score (nSPS) is 10.5. The standard InChI is InChI=1S/C17H13FN2O3S/c18-13-8-6-12(7-9-13)17-19-15(23-20-17)10-22-16(21)11-24-14-4-2-1-3-5-14/h1-9H,10-11H2. The van der Waals surface area contributed by atoms with Crippen LogP contribution in [0.4, 0.5) is 4.39 Å². The largest absolute Gasteiger partial charge is 0.455 e. The summed E-state index contributed by atoms with van der Waals surface area (Å²) in [5.41, 5.74) is 0.623. The molecule has 7 heteroatoms. The van der Waals surface area contributed by atoms with E-state index in [1.807, 2.05) is 30.3 Å². The Hall–Kier alpha value is -2.67. The highest BCUT2D eigenvalue weighted by Gasteiger charge is 2.11. The number of rotatable bonds is 6. The molecule has 0 saturated heterocycles. The van der Waals surface area contributed by atoms with E-state index >= 15 is 0 Å². The van der Waals surface area contributed by atoms with Gasteiger partial charge in [0.25, 0.3) is 5.89 Å². The van der Waals surface area contributed by atoms with Gasteiger partial charge in [0.05, 0.1) is 5.75 Å². The summed E-state index contributed by atoms with van der Waals surface area (Å²) in [6.45, 7) is -0.0949. The molecule has 1 aromatic heterocycles. The second kappa shape index (κ2) is 7.74. The van der Waals surface area contributed by atoms with E-state index in [4.69, 9.17) is 9.26 Å². The number of thioether (sulfide) groups is 1. The number of hydrogen-bond acceptors (Lipinski definition) is 6. The fraction of sp³-hybridized carbons (Fsp3) is 0.118. The van der Waals surface area contributed by atoms with E-state index in [1.165, 1.54) is 23.9 Å². The lowest BCUT2D eigenvalue weighted by atomic mass is 10.2. The van der Waals surface area contributed by atoms with Crippen LogP contribution in [0.25, 0.3) is 11.4 Å².